The molecule has 5 aromatic rings. The van der Waals surface area contributed by atoms with Crippen LogP contribution >= 0.6 is 0 Å². The van der Waals surface area contributed by atoms with Gasteiger partial charge >= 0.3 is 0 Å². The van der Waals surface area contributed by atoms with Crippen LogP contribution in [0.15, 0.2) is 55.1 Å². The van der Waals surface area contributed by atoms with Crippen molar-refractivity contribution < 1.29 is 9.53 Å². The number of tetrazole rings is 1. The van der Waals surface area contributed by atoms with Crippen molar-refractivity contribution in [1.82, 2.24) is 44.9 Å². The Labute approximate surface area is 224 Å². The van der Waals surface area contributed by atoms with Gasteiger partial charge in [-0.3, -0.25) is 9.48 Å². The van der Waals surface area contributed by atoms with Gasteiger partial charge in [-0.1, -0.05) is 12.1 Å². The smallest absolute Gasteiger partial charge is 0.259 e. The van der Waals surface area contributed by atoms with Gasteiger partial charge in [-0.05, 0) is 54.3 Å². The second-order valence-electron chi connectivity index (χ2n) is 10.1. The quantitative estimate of drug-likeness (QED) is 0.333. The maximum atomic E-state index is 13.4. The largest absolute Gasteiger partial charge is 0.374 e. The van der Waals surface area contributed by atoms with Crippen LogP contribution in [0.5, 0.6) is 0 Å². The van der Waals surface area contributed by atoms with Crippen LogP contribution in [-0.2, 0) is 11.3 Å². The fourth-order valence-electron chi connectivity index (χ4n) is 4.78. The van der Waals surface area contributed by atoms with Crippen molar-refractivity contribution in [2.24, 2.45) is 0 Å². The van der Waals surface area contributed by atoms with E-state index < -0.39 is 0 Å². The maximum absolute atomic E-state index is 13.4. The number of carbonyl (C=O) groups excluding carboxylic acids is 1. The molecule has 7 rings (SSSR count). The zero-order chi connectivity index (χ0) is 26.3. The molecule has 1 aliphatic heterocycles. The van der Waals surface area contributed by atoms with Crippen molar-refractivity contribution in [2.75, 3.05) is 25.0 Å². The molecular formula is C27H28N10O2. The van der Waals surface area contributed by atoms with Gasteiger partial charge < -0.3 is 15.4 Å². The van der Waals surface area contributed by atoms with E-state index in [1.54, 1.807) is 15.5 Å². The number of nitrogens with one attached hydrogen (secondary N) is 2. The Morgan fingerprint density at radius 3 is 2.90 bits per heavy atom. The molecule has 1 aromatic carbocycles. The highest BCUT2D eigenvalue weighted by atomic mass is 16.5. The Morgan fingerprint density at radius 1 is 1.13 bits per heavy atom. The molecule has 1 atom stereocenters. The number of pyridine rings is 1. The number of benzene rings is 1. The average Bonchev–Trinajstić information content (AvgIpc) is 3.33. The van der Waals surface area contributed by atoms with Crippen molar-refractivity contribution in [3.63, 3.8) is 0 Å². The molecule has 5 heterocycles. The first-order valence-electron chi connectivity index (χ1n) is 13.2. The lowest BCUT2D eigenvalue weighted by molar-refractivity contribution is 0.0161. The molecule has 2 N–H and O–H groups in total. The fraction of sp³-hybridized carbons (Fsp3) is 0.333. The van der Waals surface area contributed by atoms with Crippen LogP contribution in [0.2, 0.25) is 0 Å². The van der Waals surface area contributed by atoms with Crippen LogP contribution < -0.4 is 10.6 Å². The lowest BCUT2D eigenvalue weighted by Crippen LogP contribution is -2.40. The molecule has 1 saturated carbocycles. The summed E-state index contributed by atoms with van der Waals surface area (Å²) >= 11 is 0. The maximum Gasteiger partial charge on any atom is 0.259 e. The topological polar surface area (TPSA) is 129 Å². The lowest BCUT2D eigenvalue weighted by atomic mass is 10.1. The molecule has 0 spiro atoms. The van der Waals surface area contributed by atoms with E-state index in [9.17, 15) is 4.79 Å². The third-order valence-corrected chi connectivity index (χ3v) is 7.17. The minimum Gasteiger partial charge on any atom is -0.374 e. The van der Waals surface area contributed by atoms with E-state index in [4.69, 9.17) is 4.74 Å². The monoisotopic (exact) mass is 524 g/mol. The average molecular weight is 525 g/mol. The summed E-state index contributed by atoms with van der Waals surface area (Å²) < 4.78 is 9.40. The van der Waals surface area contributed by atoms with Crippen LogP contribution in [-0.4, -0.2) is 71.3 Å². The van der Waals surface area contributed by atoms with E-state index in [1.165, 1.54) is 0 Å². The molecule has 1 saturated heterocycles. The number of amides is 1. The third kappa shape index (κ3) is 4.79. The van der Waals surface area contributed by atoms with Crippen LogP contribution in [0, 0.1) is 6.92 Å². The first kappa shape index (κ1) is 23.7. The van der Waals surface area contributed by atoms with Crippen LogP contribution in [0.4, 0.5) is 5.69 Å². The number of morpholine rings is 1. The normalized spacial score (nSPS) is 17.5. The summed E-state index contributed by atoms with van der Waals surface area (Å²) in [5.74, 6) is 0.305. The van der Waals surface area contributed by atoms with Gasteiger partial charge in [0.15, 0.2) is 0 Å². The predicted octanol–water partition coefficient (Wildman–Crippen LogP) is 2.74. The highest BCUT2D eigenvalue weighted by Gasteiger charge is 2.26. The molecule has 1 aliphatic carbocycles. The van der Waals surface area contributed by atoms with E-state index >= 15 is 0 Å². The number of fused-ring (bicyclic) bond motifs is 1. The molecule has 0 radical (unpaired) electrons. The molecule has 4 aromatic heterocycles. The number of hydrogen-bond acceptors (Lipinski definition) is 8. The van der Waals surface area contributed by atoms with Crippen molar-refractivity contribution in [3.8, 4) is 22.5 Å². The lowest BCUT2D eigenvalue weighted by Gasteiger charge is -2.23. The van der Waals surface area contributed by atoms with Gasteiger partial charge in [0, 0.05) is 42.3 Å². The van der Waals surface area contributed by atoms with Gasteiger partial charge in [0.1, 0.15) is 0 Å². The predicted molar refractivity (Wildman–Crippen MR) is 143 cm³/mol. The van der Waals surface area contributed by atoms with Gasteiger partial charge in [0.2, 0.25) is 5.82 Å². The summed E-state index contributed by atoms with van der Waals surface area (Å²) in [6.45, 7) is 5.04. The Kier molecular flexibility index (Phi) is 5.90. The number of carbonyl (C=O) groups is 1. The van der Waals surface area contributed by atoms with Crippen LogP contribution in [0.1, 0.15) is 34.8 Å². The molecule has 2 aliphatic rings. The first-order valence-corrected chi connectivity index (χ1v) is 13.2. The minimum atomic E-state index is -0.241. The van der Waals surface area contributed by atoms with Crippen molar-refractivity contribution in [1.29, 1.82) is 0 Å². The van der Waals surface area contributed by atoms with Crippen molar-refractivity contribution in [2.45, 2.75) is 38.5 Å². The van der Waals surface area contributed by atoms with E-state index in [2.05, 4.69) is 36.2 Å². The molecule has 1 amide bonds. The molecule has 39 heavy (non-hydrogen) atoms. The second-order valence-corrected chi connectivity index (χ2v) is 10.1. The summed E-state index contributed by atoms with van der Waals surface area (Å²) in [6, 6.07) is 10.1. The number of aryl methyl sites for hydroxylation is 1. The summed E-state index contributed by atoms with van der Waals surface area (Å²) in [5.41, 5.74) is 5.53. The minimum absolute atomic E-state index is 0.0991. The molecule has 12 nitrogen and oxygen atoms in total. The summed E-state index contributed by atoms with van der Waals surface area (Å²) in [4.78, 5) is 15.1. The van der Waals surface area contributed by atoms with E-state index in [0.717, 1.165) is 48.2 Å². The van der Waals surface area contributed by atoms with Gasteiger partial charge in [-0.25, -0.2) is 4.52 Å². The number of hydrogen-bond donors (Lipinski definition) is 2. The molecule has 2 fully saturated rings. The summed E-state index contributed by atoms with van der Waals surface area (Å²) in [7, 11) is 0. The highest BCUT2D eigenvalue weighted by Crippen LogP contribution is 2.33. The Hall–Kier alpha value is -4.42. The molecular weight excluding hydrogens is 496 g/mol. The highest BCUT2D eigenvalue weighted by molar-refractivity contribution is 6.09. The van der Waals surface area contributed by atoms with Crippen LogP contribution in [0.25, 0.3) is 28.0 Å². The Morgan fingerprint density at radius 2 is 2.05 bits per heavy atom. The van der Waals surface area contributed by atoms with Gasteiger partial charge in [0.25, 0.3) is 5.91 Å². The molecule has 12 heteroatoms. The van der Waals surface area contributed by atoms with Gasteiger partial charge in [-0.2, -0.15) is 15.0 Å². The third-order valence-electron chi connectivity index (χ3n) is 7.17. The van der Waals surface area contributed by atoms with Crippen LogP contribution in [0.3, 0.4) is 0 Å². The van der Waals surface area contributed by atoms with Gasteiger partial charge in [0.05, 0.1) is 48.8 Å². The zero-order valence-electron chi connectivity index (χ0n) is 21.5. The Balaban J connectivity index is 1.12. The Bertz CT molecular complexity index is 1660. The number of aromatic nitrogens is 8. The number of ether oxygens (including phenoxy) is 1. The first-order chi connectivity index (χ1) is 19.1. The number of anilines is 1. The summed E-state index contributed by atoms with van der Waals surface area (Å²) in [6.07, 6.45) is 9.55. The second kappa shape index (κ2) is 9.71. The van der Waals surface area contributed by atoms with Gasteiger partial charge in [-0.15, -0.1) is 10.2 Å². The molecule has 198 valence electrons. The molecule has 0 unspecified atom stereocenters. The number of nitrogens with zero attached hydrogens (tertiary/aromatic N) is 8. The van der Waals surface area contributed by atoms with Crippen molar-refractivity contribution in [3.05, 3.63) is 66.2 Å². The van der Waals surface area contributed by atoms with E-state index in [0.29, 0.717) is 41.8 Å². The fourth-order valence-corrected chi connectivity index (χ4v) is 4.78. The number of rotatable bonds is 7. The van der Waals surface area contributed by atoms with E-state index in [-0.39, 0.29) is 12.0 Å². The van der Waals surface area contributed by atoms with E-state index in [1.807, 2.05) is 60.5 Å². The molecule has 0 bridgehead atoms. The van der Waals surface area contributed by atoms with Crippen molar-refractivity contribution >= 4 is 17.1 Å². The standard InChI is InChI=1S/C27H28N10O2/c1-17-2-3-19(26-32-34-37(33-26)21-4-5-21)10-24(17)31-27(38)23-14-30-36-8-6-18(11-25(23)36)20-12-29-35(15-20)16-22-13-28-7-9-39-22/h2-3,6,8,10-12,14-15,21-22,28H,4-5,7,9,13,16H2,1H3,(H,31,38)/t22-/m1/s1. The summed E-state index contributed by atoms with van der Waals surface area (Å²) in [5, 5.41) is 28.2. The zero-order valence-corrected chi connectivity index (χ0v) is 21.5. The SMILES string of the molecule is Cc1ccc(-c2nnn(C3CC3)n2)cc1NC(=O)c1cnn2ccc(-c3cnn(C[C@H]4CNCCO4)c3)cc12.